The van der Waals surface area contributed by atoms with Gasteiger partial charge in [-0.05, 0) is 12.5 Å². The minimum absolute atomic E-state index is 0.245. The second-order valence-corrected chi connectivity index (χ2v) is 3.53. The highest BCUT2D eigenvalue weighted by Gasteiger charge is 2.10. The molecule has 1 atom stereocenters. The number of aliphatic hydroxyl groups is 1. The molecule has 1 amide bonds. The van der Waals surface area contributed by atoms with E-state index in [4.69, 9.17) is 0 Å². The van der Waals surface area contributed by atoms with Gasteiger partial charge in [-0.3, -0.25) is 9.48 Å². The third kappa shape index (κ3) is 3.71. The lowest BCUT2D eigenvalue weighted by molar-refractivity contribution is 0.0904. The monoisotopic (exact) mass is 211 g/mol. The van der Waals surface area contributed by atoms with E-state index in [0.717, 1.165) is 6.42 Å². The average molecular weight is 211 g/mol. The fraction of sp³-hybridized carbons (Fsp3) is 0.600. The lowest BCUT2D eigenvalue weighted by atomic mass is 10.2. The van der Waals surface area contributed by atoms with Gasteiger partial charge in [0.2, 0.25) is 0 Å². The lowest BCUT2D eigenvalue weighted by Crippen LogP contribution is -2.32. The molecule has 0 fully saturated rings. The van der Waals surface area contributed by atoms with Gasteiger partial charge in [-0.25, -0.2) is 0 Å². The van der Waals surface area contributed by atoms with Gasteiger partial charge in [0.05, 0.1) is 6.10 Å². The quantitative estimate of drug-likeness (QED) is 0.736. The summed E-state index contributed by atoms with van der Waals surface area (Å²) in [5.74, 6) is -0.245. The second kappa shape index (κ2) is 5.50. The number of carbonyl (C=O) groups is 1. The number of hydrogen-bond acceptors (Lipinski definition) is 3. The number of carbonyl (C=O) groups excluding carboxylic acids is 1. The molecule has 0 aliphatic carbocycles. The Bertz CT molecular complexity index is 322. The highest BCUT2D eigenvalue weighted by atomic mass is 16.3. The molecule has 5 nitrogen and oxygen atoms in total. The molecule has 2 N–H and O–H groups in total. The third-order valence-electron chi connectivity index (χ3n) is 2.07. The van der Waals surface area contributed by atoms with Crippen LogP contribution in [0.4, 0.5) is 0 Å². The van der Waals surface area contributed by atoms with Crippen molar-refractivity contribution in [3.63, 3.8) is 0 Å². The molecule has 15 heavy (non-hydrogen) atoms. The van der Waals surface area contributed by atoms with Crippen molar-refractivity contribution < 1.29 is 9.90 Å². The summed E-state index contributed by atoms with van der Waals surface area (Å²) in [6.45, 7) is 2.27. The molecule has 0 aromatic carbocycles. The van der Waals surface area contributed by atoms with Crippen molar-refractivity contribution in [2.24, 2.45) is 7.05 Å². The maximum absolute atomic E-state index is 11.5. The molecule has 1 rings (SSSR count). The van der Waals surface area contributed by atoms with E-state index in [1.54, 1.807) is 24.0 Å². The van der Waals surface area contributed by atoms with Crippen molar-refractivity contribution in [3.05, 3.63) is 18.0 Å². The van der Waals surface area contributed by atoms with E-state index >= 15 is 0 Å². The summed E-state index contributed by atoms with van der Waals surface area (Å²) in [6, 6.07) is 1.64. The summed E-state index contributed by atoms with van der Waals surface area (Å²) in [7, 11) is 1.75. The van der Waals surface area contributed by atoms with Crippen LogP contribution in [-0.2, 0) is 7.05 Å². The smallest absolute Gasteiger partial charge is 0.271 e. The summed E-state index contributed by atoms with van der Waals surface area (Å²) in [6.07, 6.45) is 2.84. The number of nitrogens with zero attached hydrogens (tertiary/aromatic N) is 2. The first-order valence-corrected chi connectivity index (χ1v) is 5.09. The van der Waals surface area contributed by atoms with Gasteiger partial charge >= 0.3 is 0 Å². The number of aryl methyl sites for hydroxylation is 1. The average Bonchev–Trinajstić information content (AvgIpc) is 2.62. The van der Waals surface area contributed by atoms with Gasteiger partial charge < -0.3 is 10.4 Å². The molecule has 1 heterocycles. The van der Waals surface area contributed by atoms with E-state index in [1.165, 1.54) is 0 Å². The molecule has 0 bridgehead atoms. The zero-order valence-electron chi connectivity index (χ0n) is 9.10. The SMILES string of the molecule is CCCC(O)CNC(=O)c1ccn(C)n1. The highest BCUT2D eigenvalue weighted by molar-refractivity contribution is 5.92. The number of hydrogen-bond donors (Lipinski definition) is 2. The van der Waals surface area contributed by atoms with Crippen molar-refractivity contribution in [3.8, 4) is 0 Å². The number of aliphatic hydroxyl groups excluding tert-OH is 1. The molecule has 0 radical (unpaired) electrons. The summed E-state index contributed by atoms with van der Waals surface area (Å²) in [5.41, 5.74) is 0.376. The first kappa shape index (κ1) is 11.7. The van der Waals surface area contributed by atoms with Crippen molar-refractivity contribution in [2.45, 2.75) is 25.9 Å². The Balaban J connectivity index is 2.36. The van der Waals surface area contributed by atoms with Crippen molar-refractivity contribution in [1.82, 2.24) is 15.1 Å². The summed E-state index contributed by atoms with van der Waals surface area (Å²) < 4.78 is 1.57. The Morgan fingerprint density at radius 1 is 1.73 bits per heavy atom. The molecule has 0 spiro atoms. The van der Waals surface area contributed by atoms with Gasteiger partial charge in [0.25, 0.3) is 5.91 Å². The van der Waals surface area contributed by atoms with Crippen molar-refractivity contribution in [2.75, 3.05) is 6.54 Å². The van der Waals surface area contributed by atoms with Crippen molar-refractivity contribution in [1.29, 1.82) is 0 Å². The van der Waals surface area contributed by atoms with Crippen LogP contribution in [0.3, 0.4) is 0 Å². The Labute approximate surface area is 89.1 Å². The molecular weight excluding hydrogens is 194 g/mol. The molecule has 1 aromatic heterocycles. The summed E-state index contributed by atoms with van der Waals surface area (Å²) in [4.78, 5) is 11.5. The van der Waals surface area contributed by atoms with Crippen LogP contribution in [0.25, 0.3) is 0 Å². The molecule has 0 saturated heterocycles. The predicted molar refractivity (Wildman–Crippen MR) is 56.5 cm³/mol. The van der Waals surface area contributed by atoms with Gasteiger partial charge in [0.1, 0.15) is 5.69 Å². The zero-order chi connectivity index (χ0) is 11.3. The molecule has 0 aliphatic heterocycles. The van der Waals surface area contributed by atoms with E-state index < -0.39 is 6.10 Å². The van der Waals surface area contributed by atoms with E-state index in [-0.39, 0.29) is 12.5 Å². The Kier molecular flexibility index (Phi) is 4.30. The van der Waals surface area contributed by atoms with E-state index in [1.807, 2.05) is 6.92 Å². The summed E-state index contributed by atoms with van der Waals surface area (Å²) in [5, 5.41) is 16.0. The van der Waals surface area contributed by atoms with E-state index in [0.29, 0.717) is 12.1 Å². The topological polar surface area (TPSA) is 67.2 Å². The van der Waals surface area contributed by atoms with Crippen LogP contribution in [0.1, 0.15) is 30.3 Å². The molecule has 84 valence electrons. The van der Waals surface area contributed by atoms with Crippen LogP contribution >= 0.6 is 0 Å². The molecule has 0 saturated carbocycles. The minimum Gasteiger partial charge on any atom is -0.391 e. The van der Waals surface area contributed by atoms with Crippen molar-refractivity contribution >= 4 is 5.91 Å². The van der Waals surface area contributed by atoms with Crippen LogP contribution < -0.4 is 5.32 Å². The number of nitrogens with one attached hydrogen (secondary N) is 1. The third-order valence-corrected chi connectivity index (χ3v) is 2.07. The number of rotatable bonds is 5. The van der Waals surface area contributed by atoms with Gasteiger partial charge in [-0.1, -0.05) is 13.3 Å². The van der Waals surface area contributed by atoms with Gasteiger partial charge in [0, 0.05) is 19.8 Å². The zero-order valence-corrected chi connectivity index (χ0v) is 9.10. The van der Waals surface area contributed by atoms with Crippen LogP contribution in [0.2, 0.25) is 0 Å². The number of aromatic nitrogens is 2. The largest absolute Gasteiger partial charge is 0.391 e. The fourth-order valence-electron chi connectivity index (χ4n) is 1.27. The normalized spacial score (nSPS) is 12.5. The van der Waals surface area contributed by atoms with Crippen LogP contribution in [-0.4, -0.2) is 33.4 Å². The Morgan fingerprint density at radius 3 is 3.00 bits per heavy atom. The van der Waals surface area contributed by atoms with Gasteiger partial charge in [-0.15, -0.1) is 0 Å². The van der Waals surface area contributed by atoms with Gasteiger partial charge in [0.15, 0.2) is 0 Å². The molecule has 5 heteroatoms. The Morgan fingerprint density at radius 2 is 2.47 bits per heavy atom. The first-order valence-electron chi connectivity index (χ1n) is 5.09. The molecule has 1 unspecified atom stereocenters. The van der Waals surface area contributed by atoms with Crippen LogP contribution in [0, 0.1) is 0 Å². The standard InChI is InChI=1S/C10H17N3O2/c1-3-4-8(14)7-11-10(15)9-5-6-13(2)12-9/h5-6,8,14H,3-4,7H2,1-2H3,(H,11,15). The minimum atomic E-state index is -0.470. The fourth-order valence-corrected chi connectivity index (χ4v) is 1.27. The predicted octanol–water partition coefficient (Wildman–Crippen LogP) is 0.311. The maximum Gasteiger partial charge on any atom is 0.271 e. The first-order chi connectivity index (χ1) is 7.13. The second-order valence-electron chi connectivity index (χ2n) is 3.53. The summed E-state index contributed by atoms with van der Waals surface area (Å²) >= 11 is 0. The lowest BCUT2D eigenvalue weighted by Gasteiger charge is -2.09. The van der Waals surface area contributed by atoms with Crippen LogP contribution in [0.5, 0.6) is 0 Å². The Hall–Kier alpha value is -1.36. The highest BCUT2D eigenvalue weighted by Crippen LogP contribution is 1.96. The van der Waals surface area contributed by atoms with E-state index in [9.17, 15) is 9.90 Å². The molecular formula is C10H17N3O2. The van der Waals surface area contributed by atoms with Gasteiger partial charge in [-0.2, -0.15) is 5.10 Å². The van der Waals surface area contributed by atoms with E-state index in [2.05, 4.69) is 10.4 Å². The number of amides is 1. The van der Waals surface area contributed by atoms with Crippen LogP contribution in [0.15, 0.2) is 12.3 Å². The molecule has 1 aromatic rings. The molecule has 0 aliphatic rings. The maximum atomic E-state index is 11.5.